The highest BCUT2D eigenvalue weighted by Gasteiger charge is 2.25. The Kier molecular flexibility index (Phi) is 4.25. The molecule has 2 atom stereocenters. The van der Waals surface area contributed by atoms with Gasteiger partial charge < -0.3 is 19.7 Å². The third-order valence-electron chi connectivity index (χ3n) is 1.77. The van der Waals surface area contributed by atoms with Crippen LogP contribution in [0.2, 0.25) is 0 Å². The second-order valence-corrected chi connectivity index (χ2v) is 3.45. The van der Waals surface area contributed by atoms with Gasteiger partial charge >= 0.3 is 6.16 Å². The fourth-order valence-electron chi connectivity index (χ4n) is 1.12. The molecule has 0 amide bonds. The van der Waals surface area contributed by atoms with Crippen LogP contribution in [0.5, 0.6) is 11.5 Å². The van der Waals surface area contributed by atoms with Gasteiger partial charge in [-0.3, -0.25) is 0 Å². The Labute approximate surface area is 97.2 Å². The molecule has 0 saturated heterocycles. The van der Waals surface area contributed by atoms with Gasteiger partial charge in [-0.2, -0.15) is 0 Å². The van der Waals surface area contributed by atoms with Crippen molar-refractivity contribution in [2.75, 3.05) is 0 Å². The molecule has 1 aliphatic rings. The lowest BCUT2D eigenvalue weighted by Gasteiger charge is -2.27. The number of fused-ring (bicyclic) bond motifs is 1. The van der Waals surface area contributed by atoms with Gasteiger partial charge in [0.2, 0.25) is 5.56 Å². The van der Waals surface area contributed by atoms with Gasteiger partial charge in [0.05, 0.1) is 0 Å². The number of para-hydroxylation sites is 2. The molecule has 0 aromatic heterocycles. The van der Waals surface area contributed by atoms with Crippen LogP contribution in [0.1, 0.15) is 6.92 Å². The summed E-state index contributed by atoms with van der Waals surface area (Å²) >= 11 is 5.85. The molecule has 5 nitrogen and oxygen atoms in total. The number of hydrogen-bond donors (Lipinski definition) is 2. The van der Waals surface area contributed by atoms with Gasteiger partial charge in [0.1, 0.15) is 6.10 Å². The minimum atomic E-state index is -1.83. The average molecular weight is 247 g/mol. The molecule has 1 aromatic carbocycles. The Morgan fingerprint density at radius 1 is 1.25 bits per heavy atom. The molecule has 1 aromatic rings. The van der Waals surface area contributed by atoms with E-state index < -0.39 is 6.16 Å². The summed E-state index contributed by atoms with van der Waals surface area (Å²) in [7, 11) is 0. The van der Waals surface area contributed by atoms with Crippen molar-refractivity contribution >= 4 is 17.8 Å². The maximum absolute atomic E-state index is 8.56. The smallest absolute Gasteiger partial charge is 0.482 e. The highest BCUT2D eigenvalue weighted by Crippen LogP contribution is 2.34. The Bertz CT molecular complexity index is 335. The van der Waals surface area contributed by atoms with Crippen LogP contribution in [0.3, 0.4) is 0 Å². The molecule has 0 fully saturated rings. The zero-order valence-corrected chi connectivity index (χ0v) is 9.22. The van der Waals surface area contributed by atoms with E-state index in [4.69, 9.17) is 36.1 Å². The summed E-state index contributed by atoms with van der Waals surface area (Å²) in [5.74, 6) is 1.48. The minimum absolute atomic E-state index is 0.0958. The lowest BCUT2D eigenvalue weighted by molar-refractivity contribution is 0.0788. The van der Waals surface area contributed by atoms with Crippen molar-refractivity contribution in [2.45, 2.75) is 18.6 Å². The Morgan fingerprint density at radius 2 is 1.69 bits per heavy atom. The first-order valence-corrected chi connectivity index (χ1v) is 4.92. The largest absolute Gasteiger partial charge is 0.503 e. The Morgan fingerprint density at radius 3 is 2.19 bits per heavy atom. The molecule has 2 unspecified atom stereocenters. The summed E-state index contributed by atoms with van der Waals surface area (Å²) < 4.78 is 10.9. The normalized spacial score (nSPS) is 21.6. The zero-order chi connectivity index (χ0) is 12.1. The third-order valence-corrected chi connectivity index (χ3v) is 2.21. The lowest BCUT2D eigenvalue weighted by atomic mass is 10.3. The number of alkyl halides is 1. The molecule has 1 aliphatic heterocycles. The number of carboxylic acid groups (broad SMARTS) is 2. The van der Waals surface area contributed by atoms with E-state index in [-0.39, 0.29) is 11.7 Å². The SMILES string of the molecule is CC1Oc2ccccc2OC1Cl.O=C(O)O. The van der Waals surface area contributed by atoms with Gasteiger partial charge in [0.25, 0.3) is 0 Å². The first-order chi connectivity index (χ1) is 7.50. The highest BCUT2D eigenvalue weighted by molar-refractivity contribution is 6.20. The minimum Gasteiger partial charge on any atom is -0.482 e. The van der Waals surface area contributed by atoms with Gasteiger partial charge in [-0.15, -0.1) is 0 Å². The van der Waals surface area contributed by atoms with E-state index in [1.54, 1.807) is 0 Å². The van der Waals surface area contributed by atoms with E-state index in [0.29, 0.717) is 0 Å². The van der Waals surface area contributed by atoms with E-state index in [0.717, 1.165) is 11.5 Å². The molecular formula is C10H11ClO5. The van der Waals surface area contributed by atoms with E-state index in [2.05, 4.69) is 0 Å². The number of benzene rings is 1. The summed E-state index contributed by atoms with van der Waals surface area (Å²) in [4.78, 5) is 8.56. The van der Waals surface area contributed by atoms with Crippen molar-refractivity contribution in [3.8, 4) is 11.5 Å². The summed E-state index contributed by atoms with van der Waals surface area (Å²) in [6.45, 7) is 1.88. The van der Waals surface area contributed by atoms with Crippen molar-refractivity contribution < 1.29 is 24.5 Å². The topological polar surface area (TPSA) is 76.0 Å². The van der Waals surface area contributed by atoms with Gasteiger partial charge in [-0.25, -0.2) is 4.79 Å². The Balaban J connectivity index is 0.000000280. The lowest BCUT2D eigenvalue weighted by Crippen LogP contribution is -2.32. The summed E-state index contributed by atoms with van der Waals surface area (Å²) in [6, 6.07) is 7.51. The number of hydrogen-bond acceptors (Lipinski definition) is 3. The predicted octanol–water partition coefficient (Wildman–Crippen LogP) is 2.63. The van der Waals surface area contributed by atoms with Crippen molar-refractivity contribution in [1.29, 1.82) is 0 Å². The zero-order valence-electron chi connectivity index (χ0n) is 8.46. The summed E-state index contributed by atoms with van der Waals surface area (Å²) in [5.41, 5.74) is -0.389. The second-order valence-electron chi connectivity index (χ2n) is 3.02. The first-order valence-electron chi connectivity index (χ1n) is 4.49. The standard InChI is InChI=1S/C9H9ClO2.CH2O3/c1-6-9(10)12-8-5-3-2-4-7(8)11-6;2-1(3)4/h2-6,9H,1H3;(H2,2,3,4). The molecule has 88 valence electrons. The molecule has 1 heterocycles. The van der Waals surface area contributed by atoms with Crippen molar-refractivity contribution in [3.05, 3.63) is 24.3 Å². The van der Waals surface area contributed by atoms with Crippen molar-refractivity contribution in [3.63, 3.8) is 0 Å². The number of halogens is 1. The fraction of sp³-hybridized carbons (Fsp3) is 0.300. The van der Waals surface area contributed by atoms with Crippen molar-refractivity contribution in [1.82, 2.24) is 0 Å². The molecule has 2 rings (SSSR count). The summed E-state index contributed by atoms with van der Waals surface area (Å²) in [5, 5.41) is 13.9. The van der Waals surface area contributed by atoms with Crippen LogP contribution in [-0.2, 0) is 0 Å². The van der Waals surface area contributed by atoms with Crippen LogP contribution in [0.15, 0.2) is 24.3 Å². The van der Waals surface area contributed by atoms with E-state index in [1.807, 2.05) is 31.2 Å². The van der Waals surface area contributed by atoms with Crippen LogP contribution >= 0.6 is 11.6 Å². The summed E-state index contributed by atoms with van der Waals surface area (Å²) in [6.07, 6.45) is -1.93. The van der Waals surface area contributed by atoms with E-state index in [1.165, 1.54) is 0 Å². The van der Waals surface area contributed by atoms with Gasteiger partial charge in [-0.1, -0.05) is 23.7 Å². The van der Waals surface area contributed by atoms with Gasteiger partial charge in [0, 0.05) is 0 Å². The maximum Gasteiger partial charge on any atom is 0.503 e. The number of rotatable bonds is 0. The van der Waals surface area contributed by atoms with Crippen LogP contribution in [-0.4, -0.2) is 28.0 Å². The molecule has 2 N–H and O–H groups in total. The molecule has 0 saturated carbocycles. The van der Waals surface area contributed by atoms with Crippen LogP contribution < -0.4 is 9.47 Å². The quantitative estimate of drug-likeness (QED) is 0.688. The predicted molar refractivity (Wildman–Crippen MR) is 57.5 cm³/mol. The highest BCUT2D eigenvalue weighted by atomic mass is 35.5. The molecular weight excluding hydrogens is 236 g/mol. The number of ether oxygens (including phenoxy) is 2. The fourth-order valence-corrected chi connectivity index (χ4v) is 1.26. The second kappa shape index (κ2) is 5.46. The molecule has 0 aliphatic carbocycles. The van der Waals surface area contributed by atoms with Gasteiger partial charge in [-0.05, 0) is 19.1 Å². The molecule has 6 heteroatoms. The van der Waals surface area contributed by atoms with Crippen LogP contribution in [0, 0.1) is 0 Å². The molecule has 0 radical (unpaired) electrons. The van der Waals surface area contributed by atoms with Crippen LogP contribution in [0.25, 0.3) is 0 Å². The maximum atomic E-state index is 8.56. The average Bonchev–Trinajstić information content (AvgIpc) is 2.19. The third kappa shape index (κ3) is 3.51. The Hall–Kier alpha value is -1.62. The van der Waals surface area contributed by atoms with E-state index in [9.17, 15) is 0 Å². The molecule has 0 spiro atoms. The van der Waals surface area contributed by atoms with Crippen LogP contribution in [0.4, 0.5) is 4.79 Å². The monoisotopic (exact) mass is 246 g/mol. The molecule has 16 heavy (non-hydrogen) atoms. The first kappa shape index (κ1) is 12.4. The van der Waals surface area contributed by atoms with E-state index >= 15 is 0 Å². The molecule has 0 bridgehead atoms. The number of carbonyl (C=O) groups is 1. The van der Waals surface area contributed by atoms with Gasteiger partial charge in [0.15, 0.2) is 11.5 Å². The van der Waals surface area contributed by atoms with Crippen molar-refractivity contribution in [2.24, 2.45) is 0 Å².